The van der Waals surface area contributed by atoms with Gasteiger partial charge >= 0.3 is 0 Å². The molecular weight excluding hydrogens is 276 g/mol. The number of benzene rings is 1. The van der Waals surface area contributed by atoms with Crippen LogP contribution in [0.3, 0.4) is 0 Å². The van der Waals surface area contributed by atoms with Gasteiger partial charge in [0.2, 0.25) is 11.8 Å². The average Bonchev–Trinajstić information content (AvgIpc) is 2.42. The number of halogens is 1. The van der Waals surface area contributed by atoms with Crippen molar-refractivity contribution in [1.82, 2.24) is 10.2 Å². The Kier molecular flexibility index (Phi) is 6.52. The maximum absolute atomic E-state index is 12.1. The number of hydrogen-bond donors (Lipinski definition) is 1. The highest BCUT2D eigenvalue weighted by Gasteiger charge is 2.22. The van der Waals surface area contributed by atoms with Crippen LogP contribution in [0.25, 0.3) is 0 Å². The molecule has 2 amide bonds. The quantitative estimate of drug-likeness (QED) is 0.877. The van der Waals surface area contributed by atoms with Crippen molar-refractivity contribution in [2.75, 3.05) is 6.54 Å². The molecule has 110 valence electrons. The Labute approximate surface area is 125 Å². The van der Waals surface area contributed by atoms with E-state index in [1.807, 2.05) is 19.1 Å². The molecule has 1 unspecified atom stereocenters. The summed E-state index contributed by atoms with van der Waals surface area (Å²) in [6, 6.07) is 6.83. The van der Waals surface area contributed by atoms with E-state index in [1.54, 1.807) is 24.0 Å². The van der Waals surface area contributed by atoms with Crippen LogP contribution in [0, 0.1) is 0 Å². The molecule has 0 aliphatic carbocycles. The van der Waals surface area contributed by atoms with Crippen molar-refractivity contribution in [3.05, 3.63) is 34.9 Å². The number of nitrogens with zero attached hydrogens (tertiary/aromatic N) is 1. The molecule has 0 aliphatic rings. The third-order valence-corrected chi connectivity index (χ3v) is 3.35. The second-order valence-corrected chi connectivity index (χ2v) is 5.17. The molecule has 1 atom stereocenters. The highest BCUT2D eigenvalue weighted by molar-refractivity contribution is 6.30. The van der Waals surface area contributed by atoms with Gasteiger partial charge in [0, 0.05) is 25.0 Å². The molecular formula is C15H21ClN2O2. The monoisotopic (exact) mass is 296 g/mol. The van der Waals surface area contributed by atoms with E-state index in [9.17, 15) is 9.59 Å². The molecule has 1 aromatic carbocycles. The van der Waals surface area contributed by atoms with Crippen molar-refractivity contribution < 1.29 is 9.59 Å². The lowest BCUT2D eigenvalue weighted by Crippen LogP contribution is -2.47. The molecule has 0 bridgehead atoms. The topological polar surface area (TPSA) is 49.4 Å². The average molecular weight is 297 g/mol. The molecule has 0 aromatic heterocycles. The van der Waals surface area contributed by atoms with Gasteiger partial charge < -0.3 is 10.2 Å². The third kappa shape index (κ3) is 4.85. The van der Waals surface area contributed by atoms with Crippen LogP contribution in [-0.4, -0.2) is 29.3 Å². The maximum atomic E-state index is 12.1. The number of amides is 2. The second-order valence-electron chi connectivity index (χ2n) is 4.73. The minimum absolute atomic E-state index is 0.0824. The first kappa shape index (κ1) is 16.5. The molecule has 1 rings (SSSR count). The van der Waals surface area contributed by atoms with Gasteiger partial charge in [0.15, 0.2) is 0 Å². The zero-order chi connectivity index (χ0) is 15.1. The Balaban J connectivity index is 2.56. The van der Waals surface area contributed by atoms with E-state index in [0.717, 1.165) is 12.0 Å². The minimum atomic E-state index is -0.459. The summed E-state index contributed by atoms with van der Waals surface area (Å²) in [5.41, 5.74) is 0.972. The highest BCUT2D eigenvalue weighted by Crippen LogP contribution is 2.09. The van der Waals surface area contributed by atoms with E-state index in [-0.39, 0.29) is 11.8 Å². The van der Waals surface area contributed by atoms with Gasteiger partial charge in [0.05, 0.1) is 0 Å². The molecule has 5 heteroatoms. The molecule has 1 N–H and O–H groups in total. The first-order valence-electron chi connectivity index (χ1n) is 6.75. The number of rotatable bonds is 6. The Morgan fingerprint density at radius 3 is 2.40 bits per heavy atom. The van der Waals surface area contributed by atoms with Gasteiger partial charge in [-0.15, -0.1) is 0 Å². The first-order chi connectivity index (χ1) is 9.45. The summed E-state index contributed by atoms with van der Waals surface area (Å²) in [5.74, 6) is -0.232. The van der Waals surface area contributed by atoms with Crippen molar-refractivity contribution in [1.29, 1.82) is 0 Å². The Bertz CT molecular complexity index is 459. The lowest BCUT2D eigenvalue weighted by molar-refractivity contribution is -0.138. The molecule has 0 saturated heterocycles. The highest BCUT2D eigenvalue weighted by atomic mass is 35.5. The van der Waals surface area contributed by atoms with Crippen LogP contribution in [-0.2, 0) is 16.1 Å². The van der Waals surface area contributed by atoms with E-state index >= 15 is 0 Å². The fourth-order valence-electron chi connectivity index (χ4n) is 1.95. The summed E-state index contributed by atoms with van der Waals surface area (Å²) >= 11 is 5.80. The van der Waals surface area contributed by atoms with E-state index in [2.05, 4.69) is 5.32 Å². The van der Waals surface area contributed by atoms with Crippen molar-refractivity contribution in [2.45, 2.75) is 39.8 Å². The van der Waals surface area contributed by atoms with Crippen LogP contribution in [0.5, 0.6) is 0 Å². The summed E-state index contributed by atoms with van der Waals surface area (Å²) in [5, 5.41) is 3.50. The van der Waals surface area contributed by atoms with E-state index in [1.165, 1.54) is 6.92 Å². The maximum Gasteiger partial charge on any atom is 0.242 e. The van der Waals surface area contributed by atoms with Crippen molar-refractivity contribution in [3.63, 3.8) is 0 Å². The molecule has 0 aliphatic heterocycles. The van der Waals surface area contributed by atoms with E-state index < -0.39 is 6.04 Å². The van der Waals surface area contributed by atoms with E-state index in [0.29, 0.717) is 18.1 Å². The number of hydrogen-bond acceptors (Lipinski definition) is 2. The first-order valence-corrected chi connectivity index (χ1v) is 7.12. The SMILES string of the molecule is CCCN(C(C)=O)C(C)C(=O)NCc1ccc(Cl)cc1. The molecule has 0 spiro atoms. The van der Waals surface area contributed by atoms with Crippen molar-refractivity contribution in [3.8, 4) is 0 Å². The Morgan fingerprint density at radius 2 is 1.90 bits per heavy atom. The molecule has 1 aromatic rings. The summed E-state index contributed by atoms with van der Waals surface area (Å²) in [4.78, 5) is 25.2. The fourth-order valence-corrected chi connectivity index (χ4v) is 2.07. The van der Waals surface area contributed by atoms with Crippen LogP contribution in [0.15, 0.2) is 24.3 Å². The summed E-state index contributed by atoms with van der Waals surface area (Å²) < 4.78 is 0. The smallest absolute Gasteiger partial charge is 0.242 e. The van der Waals surface area contributed by atoms with Gasteiger partial charge in [-0.25, -0.2) is 0 Å². The second kappa shape index (κ2) is 7.90. The van der Waals surface area contributed by atoms with E-state index in [4.69, 9.17) is 11.6 Å². The summed E-state index contributed by atoms with van der Waals surface area (Å²) in [6.45, 7) is 6.23. The predicted octanol–water partition coefficient (Wildman–Crippen LogP) is 2.60. The fraction of sp³-hybridized carbons (Fsp3) is 0.467. The zero-order valence-electron chi connectivity index (χ0n) is 12.1. The van der Waals surface area contributed by atoms with Gasteiger partial charge in [-0.1, -0.05) is 30.7 Å². The molecule has 0 saturated carbocycles. The van der Waals surface area contributed by atoms with Gasteiger partial charge in [0.25, 0.3) is 0 Å². The lowest BCUT2D eigenvalue weighted by atomic mass is 10.2. The largest absolute Gasteiger partial charge is 0.350 e. The van der Waals surface area contributed by atoms with Gasteiger partial charge in [-0.3, -0.25) is 9.59 Å². The van der Waals surface area contributed by atoms with Crippen LogP contribution in [0.1, 0.15) is 32.8 Å². The molecule has 0 radical (unpaired) electrons. The van der Waals surface area contributed by atoms with Gasteiger partial charge in [0.1, 0.15) is 6.04 Å². The van der Waals surface area contributed by atoms with Gasteiger partial charge in [-0.05, 0) is 31.0 Å². The van der Waals surface area contributed by atoms with Crippen LogP contribution in [0.4, 0.5) is 0 Å². The number of carbonyl (C=O) groups excluding carboxylic acids is 2. The molecule has 20 heavy (non-hydrogen) atoms. The molecule has 4 nitrogen and oxygen atoms in total. The Morgan fingerprint density at radius 1 is 1.30 bits per heavy atom. The number of nitrogens with one attached hydrogen (secondary N) is 1. The van der Waals surface area contributed by atoms with Crippen LogP contribution >= 0.6 is 11.6 Å². The summed E-state index contributed by atoms with van der Waals surface area (Å²) in [7, 11) is 0. The number of carbonyl (C=O) groups is 2. The molecule has 0 fully saturated rings. The molecule has 0 heterocycles. The lowest BCUT2D eigenvalue weighted by Gasteiger charge is -2.26. The van der Waals surface area contributed by atoms with Crippen LogP contribution < -0.4 is 5.32 Å². The zero-order valence-corrected chi connectivity index (χ0v) is 12.9. The Hall–Kier alpha value is -1.55. The van der Waals surface area contributed by atoms with Crippen molar-refractivity contribution in [2.24, 2.45) is 0 Å². The minimum Gasteiger partial charge on any atom is -0.350 e. The third-order valence-electron chi connectivity index (χ3n) is 3.10. The normalized spacial score (nSPS) is 11.8. The predicted molar refractivity (Wildman–Crippen MR) is 80.4 cm³/mol. The van der Waals surface area contributed by atoms with Gasteiger partial charge in [-0.2, -0.15) is 0 Å². The summed E-state index contributed by atoms with van der Waals surface area (Å²) in [6.07, 6.45) is 0.828. The standard InChI is InChI=1S/C15H21ClN2O2/c1-4-9-18(12(3)19)11(2)15(20)17-10-13-5-7-14(16)8-6-13/h5-8,11H,4,9-10H2,1-3H3,(H,17,20). The van der Waals surface area contributed by atoms with Crippen molar-refractivity contribution >= 4 is 23.4 Å². The van der Waals surface area contributed by atoms with Crippen LogP contribution in [0.2, 0.25) is 5.02 Å².